The molecule has 0 bridgehead atoms. The van der Waals surface area contributed by atoms with E-state index in [9.17, 15) is 34.9 Å². The number of nitro benzene ring substituents is 1. The molecule has 244 valence electrons. The van der Waals surface area contributed by atoms with Gasteiger partial charge in [-0.25, -0.2) is 9.79 Å². The SMILES string of the molecule is COC(=O)C1C(C#N)=NC(C)=C(C(=O)OCCNC(=O)Cc2ccc(OCC(O)CNC(C)C)cc2)C1c1cccc([N+](=O)[O-])c1. The highest BCUT2D eigenvalue weighted by Gasteiger charge is 2.44. The number of non-ortho nitro benzene ring substituents is 1. The quantitative estimate of drug-likeness (QED) is 0.112. The molecule has 0 aromatic heterocycles. The molecule has 2 aromatic carbocycles. The summed E-state index contributed by atoms with van der Waals surface area (Å²) in [5.41, 5.74) is 0.504. The second kappa shape index (κ2) is 16.8. The summed E-state index contributed by atoms with van der Waals surface area (Å²) >= 11 is 0. The number of ether oxygens (including phenoxy) is 3. The molecule has 3 rings (SSSR count). The Morgan fingerprint density at radius 2 is 1.89 bits per heavy atom. The summed E-state index contributed by atoms with van der Waals surface area (Å²) in [6, 6.07) is 14.4. The van der Waals surface area contributed by atoms with E-state index < -0.39 is 34.8 Å². The fourth-order valence-corrected chi connectivity index (χ4v) is 4.78. The molecule has 1 amide bonds. The first-order valence-corrected chi connectivity index (χ1v) is 14.5. The van der Waals surface area contributed by atoms with Gasteiger partial charge < -0.3 is 30.0 Å². The van der Waals surface area contributed by atoms with E-state index in [2.05, 4.69) is 15.6 Å². The van der Waals surface area contributed by atoms with Crippen LogP contribution >= 0.6 is 0 Å². The van der Waals surface area contributed by atoms with Crippen molar-refractivity contribution >= 4 is 29.2 Å². The number of carbonyl (C=O) groups is 3. The number of amides is 1. The van der Waals surface area contributed by atoms with Crippen LogP contribution in [0.2, 0.25) is 0 Å². The van der Waals surface area contributed by atoms with Crippen LogP contribution in [0.5, 0.6) is 5.75 Å². The van der Waals surface area contributed by atoms with Crippen molar-refractivity contribution in [3.05, 3.63) is 81.0 Å². The molecule has 1 aliphatic heterocycles. The molecule has 1 aliphatic rings. The normalized spacial score (nSPS) is 16.6. The van der Waals surface area contributed by atoms with Crippen LogP contribution in [0.25, 0.3) is 0 Å². The molecule has 0 saturated carbocycles. The summed E-state index contributed by atoms with van der Waals surface area (Å²) in [5.74, 6) is -3.97. The van der Waals surface area contributed by atoms with Gasteiger partial charge in [0.15, 0.2) is 0 Å². The Hall–Kier alpha value is -5.13. The fraction of sp³-hybridized carbons (Fsp3) is 0.406. The highest BCUT2D eigenvalue weighted by atomic mass is 16.6. The first-order chi connectivity index (χ1) is 21.9. The molecule has 3 unspecified atom stereocenters. The third-order valence-electron chi connectivity index (χ3n) is 7.00. The monoisotopic (exact) mass is 635 g/mol. The van der Waals surface area contributed by atoms with Crippen molar-refractivity contribution in [2.75, 3.05) is 33.4 Å². The third-order valence-corrected chi connectivity index (χ3v) is 7.00. The number of carbonyl (C=O) groups excluding carboxylic acids is 3. The van der Waals surface area contributed by atoms with Crippen LogP contribution in [0.3, 0.4) is 0 Å². The summed E-state index contributed by atoms with van der Waals surface area (Å²) in [6.07, 6.45) is -0.608. The second-order valence-electron chi connectivity index (χ2n) is 10.8. The molecule has 0 fully saturated rings. The fourth-order valence-electron chi connectivity index (χ4n) is 4.78. The number of nitrogens with zero attached hydrogens (tertiary/aromatic N) is 3. The number of methoxy groups -OCH3 is 1. The van der Waals surface area contributed by atoms with Gasteiger partial charge >= 0.3 is 11.9 Å². The number of nitro groups is 1. The minimum absolute atomic E-state index is 0.0188. The number of aliphatic imine (C=N–C) groups is 1. The van der Waals surface area contributed by atoms with E-state index in [1.165, 1.54) is 31.2 Å². The third kappa shape index (κ3) is 9.68. The van der Waals surface area contributed by atoms with Crippen LogP contribution in [0.1, 0.15) is 37.8 Å². The molecule has 1 heterocycles. The van der Waals surface area contributed by atoms with Gasteiger partial charge in [0.25, 0.3) is 5.69 Å². The maximum Gasteiger partial charge on any atom is 0.336 e. The Labute approximate surface area is 266 Å². The van der Waals surface area contributed by atoms with Crippen molar-refractivity contribution in [3.63, 3.8) is 0 Å². The zero-order valence-electron chi connectivity index (χ0n) is 26.0. The van der Waals surface area contributed by atoms with Crippen molar-refractivity contribution in [2.24, 2.45) is 10.9 Å². The minimum atomic E-state index is -1.34. The van der Waals surface area contributed by atoms with E-state index in [1.807, 2.05) is 19.9 Å². The molecular formula is C32H37N5O9. The van der Waals surface area contributed by atoms with Gasteiger partial charge in [0.05, 0.1) is 30.6 Å². The Morgan fingerprint density at radius 1 is 1.17 bits per heavy atom. The summed E-state index contributed by atoms with van der Waals surface area (Å²) in [7, 11) is 1.12. The van der Waals surface area contributed by atoms with E-state index in [1.54, 1.807) is 24.3 Å². The van der Waals surface area contributed by atoms with Crippen molar-refractivity contribution in [2.45, 2.75) is 45.3 Å². The van der Waals surface area contributed by atoms with Crippen molar-refractivity contribution < 1.29 is 38.6 Å². The predicted octanol–water partition coefficient (Wildman–Crippen LogP) is 2.36. The predicted molar refractivity (Wildman–Crippen MR) is 166 cm³/mol. The minimum Gasteiger partial charge on any atom is -0.491 e. The zero-order valence-corrected chi connectivity index (χ0v) is 26.0. The van der Waals surface area contributed by atoms with Gasteiger partial charge in [-0.2, -0.15) is 5.26 Å². The maximum absolute atomic E-state index is 13.3. The number of aliphatic hydroxyl groups is 1. The van der Waals surface area contributed by atoms with Crippen molar-refractivity contribution in [1.82, 2.24) is 10.6 Å². The Balaban J connectivity index is 1.61. The largest absolute Gasteiger partial charge is 0.491 e. The Morgan fingerprint density at radius 3 is 2.52 bits per heavy atom. The number of aliphatic hydroxyl groups excluding tert-OH is 1. The second-order valence-corrected chi connectivity index (χ2v) is 10.8. The lowest BCUT2D eigenvalue weighted by Gasteiger charge is -2.30. The van der Waals surface area contributed by atoms with Crippen LogP contribution < -0.4 is 15.4 Å². The molecule has 46 heavy (non-hydrogen) atoms. The number of nitriles is 1. The van der Waals surface area contributed by atoms with Crippen molar-refractivity contribution in [3.8, 4) is 11.8 Å². The standard InChI is InChI=1S/C32H37N5O9/c1-19(2)35-17-24(38)18-46-25-10-8-21(9-11-25)14-27(39)34-12-13-45-32(41)28-20(3)36-26(16-33)30(31(40)44-4)29(28)22-6-5-7-23(15-22)37(42)43/h5-11,15,19,24,29-30,35,38H,12-14,17-18H2,1-4H3,(H,34,39). The highest BCUT2D eigenvalue weighted by Crippen LogP contribution is 2.40. The lowest BCUT2D eigenvalue weighted by atomic mass is 9.75. The number of hydrogen-bond acceptors (Lipinski definition) is 12. The number of esters is 2. The first kappa shape index (κ1) is 35.4. The van der Waals surface area contributed by atoms with Gasteiger partial charge in [-0.05, 0) is 30.2 Å². The summed E-state index contributed by atoms with van der Waals surface area (Å²) in [5, 5.41) is 36.9. The highest BCUT2D eigenvalue weighted by molar-refractivity contribution is 6.14. The van der Waals surface area contributed by atoms with Crippen LogP contribution in [-0.2, 0) is 30.3 Å². The Bertz CT molecular complexity index is 1530. The lowest BCUT2D eigenvalue weighted by molar-refractivity contribution is -0.384. The van der Waals surface area contributed by atoms with Gasteiger partial charge in [-0.1, -0.05) is 38.1 Å². The number of nitrogens with one attached hydrogen (secondary N) is 2. The van der Waals surface area contributed by atoms with Gasteiger partial charge in [0, 0.05) is 36.3 Å². The summed E-state index contributed by atoms with van der Waals surface area (Å²) in [6.45, 7) is 5.72. The number of hydrogen-bond donors (Lipinski definition) is 3. The molecule has 0 spiro atoms. The molecule has 14 nitrogen and oxygen atoms in total. The molecule has 3 atom stereocenters. The molecule has 0 aliphatic carbocycles. The maximum atomic E-state index is 13.3. The van der Waals surface area contributed by atoms with Gasteiger partial charge in [-0.15, -0.1) is 0 Å². The van der Waals surface area contributed by atoms with Crippen LogP contribution in [0, 0.1) is 27.4 Å². The molecule has 3 N–H and O–H groups in total. The van der Waals surface area contributed by atoms with Crippen molar-refractivity contribution in [1.29, 1.82) is 5.26 Å². The molecule has 14 heteroatoms. The average Bonchev–Trinajstić information content (AvgIpc) is 3.04. The van der Waals surface area contributed by atoms with E-state index in [-0.39, 0.29) is 66.4 Å². The van der Waals surface area contributed by atoms with Gasteiger partial charge in [0.2, 0.25) is 5.91 Å². The topological polar surface area (TPSA) is 202 Å². The lowest BCUT2D eigenvalue weighted by Crippen LogP contribution is -2.37. The van der Waals surface area contributed by atoms with Gasteiger partial charge in [-0.3, -0.25) is 19.7 Å². The molecule has 2 aromatic rings. The Kier molecular flexibility index (Phi) is 12.9. The zero-order chi connectivity index (χ0) is 33.8. The van der Waals surface area contributed by atoms with E-state index in [4.69, 9.17) is 14.2 Å². The van der Waals surface area contributed by atoms with Crippen LogP contribution in [-0.4, -0.2) is 79.1 Å². The summed E-state index contributed by atoms with van der Waals surface area (Å²) < 4.78 is 15.9. The van der Waals surface area contributed by atoms with Crippen LogP contribution in [0.15, 0.2) is 64.8 Å². The van der Waals surface area contributed by atoms with Crippen LogP contribution in [0.4, 0.5) is 5.69 Å². The number of benzene rings is 2. The number of allylic oxidation sites excluding steroid dienone is 1. The average molecular weight is 636 g/mol. The van der Waals surface area contributed by atoms with Gasteiger partial charge in [0.1, 0.15) is 42.8 Å². The summed E-state index contributed by atoms with van der Waals surface area (Å²) in [4.78, 5) is 53.6. The van der Waals surface area contributed by atoms with E-state index >= 15 is 0 Å². The molecule has 0 saturated heterocycles. The smallest absolute Gasteiger partial charge is 0.336 e. The first-order valence-electron chi connectivity index (χ1n) is 14.5. The molecule has 0 radical (unpaired) electrons. The van der Waals surface area contributed by atoms with E-state index in [0.717, 1.165) is 7.11 Å². The van der Waals surface area contributed by atoms with E-state index in [0.29, 0.717) is 17.9 Å². The molecular weight excluding hydrogens is 598 g/mol. The number of rotatable bonds is 15.